The molecular formula is C107H69N13. The summed E-state index contributed by atoms with van der Waals surface area (Å²) < 4.78 is 13.9. The van der Waals surface area contributed by atoms with Crippen LogP contribution in [0.2, 0.25) is 0 Å². The highest BCUT2D eigenvalue weighted by atomic mass is 15.0. The van der Waals surface area contributed by atoms with Gasteiger partial charge in [0.05, 0.1) is 71.9 Å². The highest BCUT2D eigenvalue weighted by molar-refractivity contribution is 6.24. The van der Waals surface area contributed by atoms with E-state index in [9.17, 15) is 0 Å². The van der Waals surface area contributed by atoms with E-state index in [1.165, 1.54) is 98.1 Å². The average molecular weight is 1540 g/mol. The summed E-state index contributed by atoms with van der Waals surface area (Å²) in [4.78, 5) is 33.3. The number of para-hydroxylation sites is 8. The number of benzene rings is 15. The minimum absolute atomic E-state index is 0.702. The Bertz CT molecular complexity index is 7990. The van der Waals surface area contributed by atoms with Crippen molar-refractivity contribution in [2.75, 3.05) is 0 Å². The molecule has 10 heterocycles. The van der Waals surface area contributed by atoms with Gasteiger partial charge in [-0.05, 0) is 164 Å². The first kappa shape index (κ1) is 69.0. The predicted octanol–water partition coefficient (Wildman–Crippen LogP) is 26.1. The van der Waals surface area contributed by atoms with Crippen LogP contribution in [-0.2, 0) is 0 Å². The second-order valence-electron chi connectivity index (χ2n) is 30.1. The van der Waals surface area contributed by atoms with Crippen molar-refractivity contribution in [2.45, 2.75) is 0 Å². The second-order valence-corrected chi connectivity index (χ2v) is 30.1. The van der Waals surface area contributed by atoms with Gasteiger partial charge in [-0.25, -0.2) is 29.9 Å². The van der Waals surface area contributed by atoms with E-state index in [0.717, 1.165) is 101 Å². The van der Waals surface area contributed by atoms with Crippen LogP contribution in [0, 0.1) is 0 Å². The third-order valence-corrected chi connectivity index (χ3v) is 23.2. The van der Waals surface area contributed by atoms with Crippen LogP contribution in [0.3, 0.4) is 0 Å². The SMILES string of the molecule is c1ccc(-c2nc(-c3cccc(-n4c5ccccc5c5c6ccn(-c7ccccc7)c6ccc54)c3)nc3ccccc23)cc1.c1ccc(-n2ccc3c4c5ccccc5n(-c5cccc(-c6ncc7ccccc7n6)c5)c4ccc32)cc1.c1ccc(-n2ccc3c4c5ccccc5n(-c5cccc(-c6ncc7cnccc7n6)c5)c4ccc32)cc1. The summed E-state index contributed by atoms with van der Waals surface area (Å²) in [6.07, 6.45) is 13.8. The highest BCUT2D eigenvalue weighted by Crippen LogP contribution is 2.43. The number of fused-ring (bicyclic) bond motifs is 18. The molecule has 25 rings (SSSR count). The maximum absolute atomic E-state index is 5.14. The lowest BCUT2D eigenvalue weighted by molar-refractivity contribution is 1.13. The molecule has 25 aromatic rings. The molecule has 10 aromatic heterocycles. The molecule has 0 saturated heterocycles. The molecular weight excluding hydrogens is 1470 g/mol. The van der Waals surface area contributed by atoms with Crippen LogP contribution in [0.1, 0.15) is 0 Å². The van der Waals surface area contributed by atoms with Crippen molar-refractivity contribution >= 4 is 131 Å². The van der Waals surface area contributed by atoms with E-state index in [0.29, 0.717) is 11.6 Å². The van der Waals surface area contributed by atoms with Gasteiger partial charge in [0.1, 0.15) is 0 Å². The predicted molar refractivity (Wildman–Crippen MR) is 492 cm³/mol. The van der Waals surface area contributed by atoms with E-state index in [4.69, 9.17) is 19.9 Å². The van der Waals surface area contributed by atoms with Crippen molar-refractivity contribution in [1.82, 2.24) is 62.3 Å². The molecule has 0 aliphatic carbocycles. The van der Waals surface area contributed by atoms with Gasteiger partial charge in [0, 0.05) is 164 Å². The Morgan fingerprint density at radius 3 is 0.992 bits per heavy atom. The Labute approximate surface area is 687 Å². The molecule has 15 aromatic carbocycles. The molecule has 0 spiro atoms. The zero-order valence-electron chi connectivity index (χ0n) is 64.7. The summed E-state index contributed by atoms with van der Waals surface area (Å²) in [5.41, 5.74) is 25.1. The maximum Gasteiger partial charge on any atom is 0.160 e. The van der Waals surface area contributed by atoms with Gasteiger partial charge in [-0.1, -0.05) is 212 Å². The molecule has 562 valence electrons. The molecule has 0 aliphatic heterocycles. The Morgan fingerprint density at radius 1 is 0.200 bits per heavy atom. The zero-order chi connectivity index (χ0) is 79.1. The molecule has 0 atom stereocenters. The largest absolute Gasteiger partial charge is 0.317 e. The fraction of sp³-hybridized carbons (Fsp3) is 0. The maximum atomic E-state index is 5.14. The summed E-state index contributed by atoms with van der Waals surface area (Å²) in [5, 5.41) is 14.2. The monoisotopic (exact) mass is 1540 g/mol. The lowest BCUT2D eigenvalue weighted by atomic mass is 10.1. The number of hydrogen-bond donors (Lipinski definition) is 0. The standard InChI is InChI=1S/C40H26N4.C34H22N4.C33H21N5/c1-3-12-27(13-4-1)39-31-18-7-9-20-34(31)41-40(42-39)28-14-11-17-30(26-28)44-36-21-10-8-19-32(36)38-33-24-25-43(29-15-5-2-6-16-29)35(33)22-23-37(38)44;1-2-11-25(12-3-1)37-20-19-28-30(37)17-18-32-33(28)27-14-5-7-16-31(27)38(32)26-13-8-10-23(21-26)34-35-22-24-9-4-6-15-29(24)36-34;1-2-8-24(9-3-1)37-18-16-27-29(37)13-14-31-32(27)26-11-4-5-12-30(26)38(31)25-10-6-7-22(19-25)33-35-21-23-20-34-17-15-28(23)36-33/h1-26H;1-22H;1-21H. The van der Waals surface area contributed by atoms with Crippen LogP contribution in [0.15, 0.2) is 419 Å². The Hall–Kier alpha value is -16.5. The Balaban J connectivity index is 0.000000105. The fourth-order valence-electron chi connectivity index (χ4n) is 17.8. The number of nitrogens with zero attached hydrogens (tertiary/aromatic N) is 13. The third kappa shape index (κ3) is 11.7. The molecule has 0 bridgehead atoms. The van der Waals surface area contributed by atoms with Crippen LogP contribution in [0.4, 0.5) is 0 Å². The first-order chi connectivity index (χ1) is 59.5. The van der Waals surface area contributed by atoms with E-state index in [1.807, 2.05) is 60.9 Å². The fourth-order valence-corrected chi connectivity index (χ4v) is 17.8. The van der Waals surface area contributed by atoms with Crippen molar-refractivity contribution in [2.24, 2.45) is 0 Å². The van der Waals surface area contributed by atoms with Gasteiger partial charge in [0.2, 0.25) is 0 Å². The first-order valence-corrected chi connectivity index (χ1v) is 40.2. The lowest BCUT2D eigenvalue weighted by Crippen LogP contribution is -1.98. The first-order valence-electron chi connectivity index (χ1n) is 40.2. The van der Waals surface area contributed by atoms with Gasteiger partial charge in [-0.15, -0.1) is 0 Å². The van der Waals surface area contributed by atoms with Gasteiger partial charge in [-0.2, -0.15) is 0 Å². The van der Waals surface area contributed by atoms with Crippen molar-refractivity contribution in [3.8, 4) is 79.5 Å². The van der Waals surface area contributed by atoms with E-state index < -0.39 is 0 Å². The third-order valence-electron chi connectivity index (χ3n) is 23.2. The molecule has 0 saturated carbocycles. The minimum Gasteiger partial charge on any atom is -0.317 e. The number of pyridine rings is 1. The molecule has 0 unspecified atom stereocenters. The summed E-state index contributed by atoms with van der Waals surface area (Å²) in [5.74, 6) is 2.15. The molecule has 13 nitrogen and oxygen atoms in total. The summed E-state index contributed by atoms with van der Waals surface area (Å²) in [6.45, 7) is 0. The molecule has 13 heteroatoms. The van der Waals surface area contributed by atoms with E-state index in [-0.39, 0.29) is 0 Å². The van der Waals surface area contributed by atoms with Crippen LogP contribution < -0.4 is 0 Å². The molecule has 0 amide bonds. The van der Waals surface area contributed by atoms with Crippen LogP contribution in [0.5, 0.6) is 0 Å². The van der Waals surface area contributed by atoms with Gasteiger partial charge in [0.25, 0.3) is 0 Å². The van der Waals surface area contributed by atoms with Crippen molar-refractivity contribution in [1.29, 1.82) is 0 Å². The average Bonchev–Trinajstić information content (AvgIpc) is 1.58. The summed E-state index contributed by atoms with van der Waals surface area (Å²) in [7, 11) is 0. The van der Waals surface area contributed by atoms with Crippen LogP contribution in [-0.4, -0.2) is 62.3 Å². The topological polar surface area (TPSA) is 120 Å². The zero-order valence-corrected chi connectivity index (χ0v) is 64.7. The van der Waals surface area contributed by atoms with E-state index in [1.54, 1.807) is 12.4 Å². The Kier molecular flexibility index (Phi) is 16.6. The number of hydrogen-bond acceptors (Lipinski definition) is 7. The smallest absolute Gasteiger partial charge is 0.160 e. The summed E-state index contributed by atoms with van der Waals surface area (Å²) in [6, 6.07) is 132. The molecule has 120 heavy (non-hydrogen) atoms. The minimum atomic E-state index is 0.702. The van der Waals surface area contributed by atoms with E-state index in [2.05, 4.69) is 389 Å². The van der Waals surface area contributed by atoms with Gasteiger partial charge in [0.15, 0.2) is 17.5 Å². The van der Waals surface area contributed by atoms with Crippen LogP contribution in [0.25, 0.3) is 210 Å². The number of aromatic nitrogens is 13. The van der Waals surface area contributed by atoms with Gasteiger partial charge >= 0.3 is 0 Å². The lowest BCUT2D eigenvalue weighted by Gasteiger charge is -2.12. The Morgan fingerprint density at radius 2 is 0.533 bits per heavy atom. The van der Waals surface area contributed by atoms with Crippen molar-refractivity contribution in [3.63, 3.8) is 0 Å². The van der Waals surface area contributed by atoms with Crippen molar-refractivity contribution < 1.29 is 0 Å². The molecule has 0 aliphatic rings. The molecule has 0 radical (unpaired) electrons. The second kappa shape index (κ2) is 28.8. The van der Waals surface area contributed by atoms with Crippen molar-refractivity contribution in [3.05, 3.63) is 419 Å². The molecule has 0 N–H and O–H groups in total. The normalized spacial score (nSPS) is 11.7. The van der Waals surface area contributed by atoms with Crippen LogP contribution >= 0.6 is 0 Å². The molecule has 0 fully saturated rings. The van der Waals surface area contributed by atoms with Gasteiger partial charge in [-0.3, -0.25) is 4.98 Å². The summed E-state index contributed by atoms with van der Waals surface area (Å²) >= 11 is 0. The van der Waals surface area contributed by atoms with Gasteiger partial charge < -0.3 is 27.4 Å². The number of rotatable bonds is 10. The highest BCUT2D eigenvalue weighted by Gasteiger charge is 2.23. The quantitative estimate of drug-likeness (QED) is 0.134. The van der Waals surface area contributed by atoms with E-state index >= 15 is 0 Å².